The summed E-state index contributed by atoms with van der Waals surface area (Å²) in [6.07, 6.45) is 3.06. The summed E-state index contributed by atoms with van der Waals surface area (Å²) < 4.78 is 2.19. The fourth-order valence-corrected chi connectivity index (χ4v) is 4.28. The van der Waals surface area contributed by atoms with Crippen LogP contribution in [0.3, 0.4) is 0 Å². The van der Waals surface area contributed by atoms with E-state index in [0.29, 0.717) is 17.3 Å². The first-order valence-corrected chi connectivity index (χ1v) is 10.5. The molecule has 1 aliphatic carbocycles. The summed E-state index contributed by atoms with van der Waals surface area (Å²) >= 11 is 3.13. The summed E-state index contributed by atoms with van der Waals surface area (Å²) in [5.74, 6) is 1.13. The highest BCUT2D eigenvalue weighted by molar-refractivity contribution is 7.99. The molecule has 0 atom stereocenters. The molecule has 0 radical (unpaired) electrons. The molecule has 1 fully saturated rings. The summed E-state index contributed by atoms with van der Waals surface area (Å²) in [5.41, 5.74) is 1.25. The lowest BCUT2D eigenvalue weighted by Crippen LogP contribution is -2.14. The Hall–Kier alpha value is -2.63. The molecule has 1 saturated carbocycles. The van der Waals surface area contributed by atoms with E-state index in [-0.39, 0.29) is 11.7 Å². The normalized spacial score (nSPS) is 13.3. The molecule has 0 bridgehead atoms. The number of amides is 1. The van der Waals surface area contributed by atoms with Gasteiger partial charge in [-0.2, -0.15) is 5.26 Å². The van der Waals surface area contributed by atoms with Crippen molar-refractivity contribution < 1.29 is 4.79 Å². The quantitative estimate of drug-likeness (QED) is 0.614. The van der Waals surface area contributed by atoms with Gasteiger partial charge in [-0.25, -0.2) is 0 Å². The number of hydrogen-bond acceptors (Lipinski definition) is 6. The molecule has 8 heteroatoms. The van der Waals surface area contributed by atoms with Crippen molar-refractivity contribution in [3.63, 3.8) is 0 Å². The van der Waals surface area contributed by atoms with Crippen molar-refractivity contribution in [3.05, 3.63) is 58.0 Å². The number of nitrogens with one attached hydrogen (secondary N) is 1. The van der Waals surface area contributed by atoms with Gasteiger partial charge in [0.2, 0.25) is 5.91 Å². The van der Waals surface area contributed by atoms with Crippen molar-refractivity contribution in [1.82, 2.24) is 14.8 Å². The number of rotatable bonds is 7. The molecular weight excluding hydrogens is 378 g/mol. The van der Waals surface area contributed by atoms with E-state index in [1.807, 2.05) is 6.07 Å². The SMILES string of the molecule is N#Cc1ccc(NC(=O)CSc2nnc(Cc3cccs3)n2C2CC2)cc1. The van der Waals surface area contributed by atoms with Crippen molar-refractivity contribution in [1.29, 1.82) is 5.26 Å². The molecule has 2 heterocycles. The van der Waals surface area contributed by atoms with Crippen LogP contribution in [0.25, 0.3) is 0 Å². The highest BCUT2D eigenvalue weighted by Crippen LogP contribution is 2.39. The molecule has 1 aliphatic rings. The van der Waals surface area contributed by atoms with Gasteiger partial charge in [0.1, 0.15) is 5.82 Å². The number of nitriles is 1. The Morgan fingerprint density at radius 2 is 2.11 bits per heavy atom. The topological polar surface area (TPSA) is 83.6 Å². The Kier molecular flexibility index (Phi) is 5.23. The number of thioether (sulfide) groups is 1. The third kappa shape index (κ3) is 4.38. The molecule has 1 aromatic carbocycles. The van der Waals surface area contributed by atoms with E-state index < -0.39 is 0 Å². The lowest BCUT2D eigenvalue weighted by molar-refractivity contribution is -0.113. The molecule has 0 unspecified atom stereocenters. The minimum atomic E-state index is -0.102. The van der Waals surface area contributed by atoms with E-state index in [4.69, 9.17) is 5.26 Å². The molecule has 0 spiro atoms. The van der Waals surface area contributed by atoms with E-state index in [2.05, 4.69) is 37.6 Å². The van der Waals surface area contributed by atoms with Gasteiger partial charge >= 0.3 is 0 Å². The van der Waals surface area contributed by atoms with Crippen LogP contribution in [0.15, 0.2) is 46.9 Å². The second-order valence-corrected chi connectivity index (χ2v) is 8.26. The zero-order valence-electron chi connectivity index (χ0n) is 14.5. The first-order chi connectivity index (χ1) is 13.2. The number of carbonyl (C=O) groups is 1. The third-order valence-corrected chi connectivity index (χ3v) is 6.01. The van der Waals surface area contributed by atoms with Crippen LogP contribution in [-0.2, 0) is 11.2 Å². The Labute approximate surface area is 165 Å². The summed E-state index contributed by atoms with van der Waals surface area (Å²) in [6.45, 7) is 0. The van der Waals surface area contributed by atoms with Gasteiger partial charge in [0.15, 0.2) is 5.16 Å². The monoisotopic (exact) mass is 395 g/mol. The van der Waals surface area contributed by atoms with Gasteiger partial charge in [-0.1, -0.05) is 17.8 Å². The average molecular weight is 396 g/mol. The second-order valence-electron chi connectivity index (χ2n) is 6.28. The van der Waals surface area contributed by atoms with Crippen molar-refractivity contribution in [2.24, 2.45) is 0 Å². The van der Waals surface area contributed by atoms with Crippen LogP contribution in [0.4, 0.5) is 5.69 Å². The zero-order valence-corrected chi connectivity index (χ0v) is 16.1. The fraction of sp³-hybridized carbons (Fsp3) is 0.263. The number of aromatic nitrogens is 3. The van der Waals surface area contributed by atoms with Crippen molar-refractivity contribution in [3.8, 4) is 6.07 Å². The maximum absolute atomic E-state index is 12.2. The second kappa shape index (κ2) is 7.94. The molecule has 0 saturated heterocycles. The third-order valence-electron chi connectivity index (χ3n) is 4.19. The number of hydrogen-bond donors (Lipinski definition) is 1. The molecule has 4 rings (SSSR count). The van der Waals surface area contributed by atoms with Gasteiger partial charge < -0.3 is 9.88 Å². The Balaban J connectivity index is 1.39. The summed E-state index contributed by atoms with van der Waals surface area (Å²) in [7, 11) is 0. The summed E-state index contributed by atoms with van der Waals surface area (Å²) in [5, 5.41) is 23.2. The summed E-state index contributed by atoms with van der Waals surface area (Å²) in [4.78, 5) is 13.5. The van der Waals surface area contributed by atoms with Gasteiger partial charge in [0, 0.05) is 23.0 Å². The average Bonchev–Trinajstić information content (AvgIpc) is 3.23. The molecular formula is C19H17N5OS2. The van der Waals surface area contributed by atoms with Crippen molar-refractivity contribution >= 4 is 34.7 Å². The minimum absolute atomic E-state index is 0.102. The van der Waals surface area contributed by atoms with Crippen LogP contribution in [0.1, 0.15) is 35.1 Å². The predicted molar refractivity (Wildman–Crippen MR) is 106 cm³/mol. The van der Waals surface area contributed by atoms with E-state index in [0.717, 1.165) is 30.2 Å². The Morgan fingerprint density at radius 3 is 2.78 bits per heavy atom. The predicted octanol–water partition coefficient (Wildman–Crippen LogP) is 3.87. The van der Waals surface area contributed by atoms with Gasteiger partial charge in [-0.3, -0.25) is 4.79 Å². The van der Waals surface area contributed by atoms with Gasteiger partial charge in [0.25, 0.3) is 0 Å². The number of thiophene rings is 1. The fourth-order valence-electron chi connectivity index (χ4n) is 2.75. The largest absolute Gasteiger partial charge is 0.325 e. The Bertz CT molecular complexity index is 969. The molecule has 6 nitrogen and oxygen atoms in total. The minimum Gasteiger partial charge on any atom is -0.325 e. The molecule has 1 amide bonds. The highest BCUT2D eigenvalue weighted by Gasteiger charge is 2.29. The van der Waals surface area contributed by atoms with E-state index in [1.54, 1.807) is 35.6 Å². The first-order valence-electron chi connectivity index (χ1n) is 8.62. The maximum atomic E-state index is 12.2. The standard InChI is InChI=1S/C19H17N5OS2/c20-11-13-3-5-14(6-4-13)21-18(25)12-27-19-23-22-17(24(19)15-7-8-15)10-16-2-1-9-26-16/h1-6,9,15H,7-8,10,12H2,(H,21,25). The molecule has 136 valence electrons. The van der Waals surface area contributed by atoms with Crippen LogP contribution in [-0.4, -0.2) is 26.4 Å². The molecule has 1 N–H and O–H groups in total. The van der Waals surface area contributed by atoms with Crippen molar-refractivity contribution in [2.75, 3.05) is 11.1 Å². The van der Waals surface area contributed by atoms with Crippen LogP contribution in [0.2, 0.25) is 0 Å². The molecule has 0 aliphatic heterocycles. The van der Waals surface area contributed by atoms with Crippen molar-refractivity contribution in [2.45, 2.75) is 30.5 Å². The van der Waals surface area contributed by atoms with Gasteiger partial charge in [0.05, 0.1) is 17.4 Å². The lowest BCUT2D eigenvalue weighted by atomic mass is 10.2. The highest BCUT2D eigenvalue weighted by atomic mass is 32.2. The van der Waals surface area contributed by atoms with Crippen LogP contribution >= 0.6 is 23.1 Å². The number of anilines is 1. The van der Waals surface area contributed by atoms with E-state index >= 15 is 0 Å². The van der Waals surface area contributed by atoms with Crippen LogP contribution in [0, 0.1) is 11.3 Å². The number of carbonyl (C=O) groups excluding carboxylic acids is 1. The summed E-state index contributed by atoms with van der Waals surface area (Å²) in [6, 6.07) is 13.5. The molecule has 2 aromatic heterocycles. The van der Waals surface area contributed by atoms with Gasteiger partial charge in [-0.05, 0) is 48.6 Å². The zero-order chi connectivity index (χ0) is 18.6. The first kappa shape index (κ1) is 17.8. The molecule has 27 heavy (non-hydrogen) atoms. The lowest BCUT2D eigenvalue weighted by Gasteiger charge is -2.08. The van der Waals surface area contributed by atoms with E-state index in [9.17, 15) is 4.79 Å². The van der Waals surface area contributed by atoms with Crippen LogP contribution < -0.4 is 5.32 Å². The van der Waals surface area contributed by atoms with Crippen LogP contribution in [0.5, 0.6) is 0 Å². The van der Waals surface area contributed by atoms with E-state index in [1.165, 1.54) is 16.6 Å². The molecule has 3 aromatic rings. The smallest absolute Gasteiger partial charge is 0.234 e. The Morgan fingerprint density at radius 1 is 1.30 bits per heavy atom. The number of benzene rings is 1. The van der Waals surface area contributed by atoms with Gasteiger partial charge in [-0.15, -0.1) is 21.5 Å². The number of nitrogens with zero attached hydrogens (tertiary/aromatic N) is 4. The maximum Gasteiger partial charge on any atom is 0.234 e.